The fourth-order valence-electron chi connectivity index (χ4n) is 11.1. The van der Waals surface area contributed by atoms with Crippen LogP contribution < -0.4 is 20.7 Å². The van der Waals surface area contributed by atoms with Crippen molar-refractivity contribution in [3.63, 3.8) is 0 Å². The van der Waals surface area contributed by atoms with Crippen molar-refractivity contribution in [1.29, 1.82) is 0 Å². The number of aromatic nitrogens is 5. The Kier molecular flexibility index (Phi) is 16.7. The Morgan fingerprint density at radius 1 is 0.867 bits per heavy atom. The Bertz CT molecular complexity index is 3860. The maximum atomic E-state index is 14.8. The molecule has 1 atom stereocenters. The van der Waals surface area contributed by atoms with Gasteiger partial charge in [0, 0.05) is 86.0 Å². The zero-order valence-electron chi connectivity index (χ0n) is 47.5. The highest BCUT2D eigenvalue weighted by molar-refractivity contribution is 6.35. The Balaban J connectivity index is 0.898. The molecule has 0 saturated carbocycles. The maximum Gasteiger partial charge on any atom is 0.411 e. The fraction of sp³-hybridized carbons (Fsp3) is 0.355. The van der Waals surface area contributed by atoms with Crippen molar-refractivity contribution in [2.24, 2.45) is 7.05 Å². The summed E-state index contributed by atoms with van der Waals surface area (Å²) in [5.74, 6) is -1.67. The maximum absolute atomic E-state index is 14.8. The van der Waals surface area contributed by atoms with Crippen LogP contribution in [0.3, 0.4) is 0 Å². The number of aryl methyl sites for hydroxylation is 4. The van der Waals surface area contributed by atoms with Crippen LogP contribution in [0, 0.1) is 26.6 Å². The van der Waals surface area contributed by atoms with E-state index in [4.69, 9.17) is 35.9 Å². The van der Waals surface area contributed by atoms with E-state index in [9.17, 15) is 33.2 Å². The molecule has 83 heavy (non-hydrogen) atoms. The second-order valence-corrected chi connectivity index (χ2v) is 22.5. The molecule has 1 unspecified atom stereocenters. The lowest BCUT2D eigenvalue weighted by atomic mass is 9.98. The largest absolute Gasteiger partial charge is 0.493 e. The number of halogens is 2. The lowest BCUT2D eigenvalue weighted by Crippen LogP contribution is -2.52. The normalized spacial score (nSPS) is 15.0. The molecule has 5 amide bonds. The van der Waals surface area contributed by atoms with Crippen molar-refractivity contribution in [3.05, 3.63) is 141 Å². The zero-order valence-corrected chi connectivity index (χ0v) is 48.2. The molecule has 0 radical (unpaired) electrons. The van der Waals surface area contributed by atoms with Crippen LogP contribution in [0.4, 0.5) is 14.9 Å². The monoisotopic (exact) mass is 1150 g/mol. The van der Waals surface area contributed by atoms with E-state index in [2.05, 4.69) is 20.9 Å². The molecule has 0 aliphatic carbocycles. The number of imidazole rings is 1. The SMILES string of the molecule is Cc1nn(C)c(C)c1-c1c(Cl)ccc2c(CCCOc3cccc4cc(F)ccc34)c(C(=O)OC(C)(C)C)n(CCN3CCN(C(=O)Cn4c(C)nc5c(C(=O)NC6CCC(=O)NC6=O)cc(NC(=O)OCc6ccccc6)cc54)CC3)c12. The molecule has 0 spiro atoms. The molecule has 3 N–H and O–H groups in total. The van der Waals surface area contributed by atoms with E-state index in [1.54, 1.807) is 28.5 Å². The molecule has 3 aromatic heterocycles. The number of hydrogen-bond acceptors (Lipinski definition) is 12. The van der Waals surface area contributed by atoms with E-state index < -0.39 is 41.4 Å². The summed E-state index contributed by atoms with van der Waals surface area (Å²) in [7, 11) is 1.89. The quantitative estimate of drug-likeness (QED) is 0.0442. The molecule has 21 heteroatoms. The first-order chi connectivity index (χ1) is 39.7. The first-order valence-electron chi connectivity index (χ1n) is 27.7. The van der Waals surface area contributed by atoms with Gasteiger partial charge in [0.1, 0.15) is 53.4 Å². The summed E-state index contributed by atoms with van der Waals surface area (Å²) in [6.45, 7) is 14.0. The minimum atomic E-state index is -0.983. The molecule has 432 valence electrons. The van der Waals surface area contributed by atoms with Gasteiger partial charge < -0.3 is 33.6 Å². The molecule has 19 nitrogen and oxygen atoms in total. The fourth-order valence-corrected chi connectivity index (χ4v) is 11.4. The van der Waals surface area contributed by atoms with Gasteiger partial charge in [-0.25, -0.2) is 19.0 Å². The number of benzene rings is 5. The van der Waals surface area contributed by atoms with Crippen molar-refractivity contribution < 1.29 is 47.4 Å². The summed E-state index contributed by atoms with van der Waals surface area (Å²) in [6, 6.07) is 25.2. The third-order valence-corrected chi connectivity index (χ3v) is 15.5. The molecule has 0 bridgehead atoms. The first kappa shape index (κ1) is 57.6. The van der Waals surface area contributed by atoms with Crippen LogP contribution in [0.5, 0.6) is 5.75 Å². The third-order valence-electron chi connectivity index (χ3n) is 15.2. The van der Waals surface area contributed by atoms with Gasteiger partial charge in [0.05, 0.1) is 33.9 Å². The number of rotatable bonds is 17. The van der Waals surface area contributed by atoms with Crippen molar-refractivity contribution >= 4 is 85.7 Å². The zero-order chi connectivity index (χ0) is 58.9. The van der Waals surface area contributed by atoms with Crippen LogP contribution in [0.15, 0.2) is 91.0 Å². The van der Waals surface area contributed by atoms with Gasteiger partial charge in [-0.1, -0.05) is 60.1 Å². The molecular formula is C62H66ClFN10O9. The number of imide groups is 1. The number of nitrogens with zero attached hydrogens (tertiary/aromatic N) is 7. The molecule has 2 fully saturated rings. The highest BCUT2D eigenvalue weighted by Gasteiger charge is 2.33. The summed E-state index contributed by atoms with van der Waals surface area (Å²) in [4.78, 5) is 89.7. The van der Waals surface area contributed by atoms with Gasteiger partial charge in [-0.3, -0.25) is 39.4 Å². The number of nitrogens with one attached hydrogen (secondary N) is 3. The number of fused-ring (bicyclic) bond motifs is 3. The number of hydrogen-bond donors (Lipinski definition) is 3. The Morgan fingerprint density at radius 3 is 2.35 bits per heavy atom. The number of carbonyl (C=O) groups excluding carboxylic acids is 6. The standard InChI is InChI=1S/C62H66ClFN10O9/c1-36-53(37(2)70(7)69-36)54-47(63)21-20-45-44(16-12-30-81-50-17-11-15-40-31-41(64)18-19-43(40)50)57(60(79)83-62(4,5)6)73(56(45)54)29-26-71-24-27-72(28-25-71)52(76)34-74-38(3)65-55-46(58(77)67-48-22-23-51(75)68-59(48)78)32-42(33-49(55)74)66-61(80)82-35-39-13-9-8-10-14-39/h8-11,13-15,17-21,31-33,48H,12,16,22-30,34-35H2,1-7H3,(H,66,80)(H,67,77)(H,68,75,78). The lowest BCUT2D eigenvalue weighted by molar-refractivity contribution is -0.135. The molecule has 2 aliphatic rings. The van der Waals surface area contributed by atoms with Crippen molar-refractivity contribution in [2.45, 2.75) is 98.6 Å². The van der Waals surface area contributed by atoms with Gasteiger partial charge in [0.2, 0.25) is 17.7 Å². The third kappa shape index (κ3) is 12.6. The average molecular weight is 1150 g/mol. The number of piperazine rings is 1. The molecule has 2 aliphatic heterocycles. The number of piperidine rings is 1. The van der Waals surface area contributed by atoms with E-state index in [1.807, 2.05) is 112 Å². The Hall–Kier alpha value is -8.62. The van der Waals surface area contributed by atoms with Crippen LogP contribution in [0.1, 0.15) is 89.2 Å². The topological polar surface area (TPSA) is 213 Å². The summed E-state index contributed by atoms with van der Waals surface area (Å²) >= 11 is 7.25. The summed E-state index contributed by atoms with van der Waals surface area (Å²) in [6.07, 6.45) is 0.352. The summed E-state index contributed by atoms with van der Waals surface area (Å²) in [5, 5.41) is 15.3. The van der Waals surface area contributed by atoms with Crippen molar-refractivity contribution in [1.82, 2.24) is 44.3 Å². The number of carbonyl (C=O) groups is 6. The van der Waals surface area contributed by atoms with E-state index in [0.29, 0.717) is 86.5 Å². The summed E-state index contributed by atoms with van der Waals surface area (Å²) < 4.78 is 37.7. The molecule has 5 aromatic carbocycles. The number of amides is 5. The lowest BCUT2D eigenvalue weighted by Gasteiger charge is -2.35. The van der Waals surface area contributed by atoms with Crippen LogP contribution in [0.25, 0.3) is 43.8 Å². The van der Waals surface area contributed by atoms with Crippen molar-refractivity contribution in [2.75, 3.05) is 44.6 Å². The van der Waals surface area contributed by atoms with E-state index in [-0.39, 0.29) is 54.5 Å². The van der Waals surface area contributed by atoms with Crippen molar-refractivity contribution in [3.8, 4) is 16.9 Å². The van der Waals surface area contributed by atoms with Gasteiger partial charge in [-0.15, -0.1) is 0 Å². The highest BCUT2D eigenvalue weighted by atomic mass is 35.5. The van der Waals surface area contributed by atoms with Crippen LogP contribution in [0.2, 0.25) is 5.02 Å². The molecule has 5 heterocycles. The van der Waals surface area contributed by atoms with E-state index >= 15 is 0 Å². The average Bonchev–Trinajstić information content (AvgIpc) is 2.86. The Morgan fingerprint density at radius 2 is 1.63 bits per heavy atom. The molecule has 2 saturated heterocycles. The molecule has 10 rings (SSSR count). The minimum absolute atomic E-state index is 0.00763. The molecule has 8 aromatic rings. The molecular weight excluding hydrogens is 1080 g/mol. The van der Waals surface area contributed by atoms with Gasteiger partial charge in [-0.05, 0) is 120 Å². The van der Waals surface area contributed by atoms with Gasteiger partial charge >= 0.3 is 12.1 Å². The number of ether oxygens (including phenoxy) is 3. The Labute approximate surface area is 484 Å². The highest BCUT2D eigenvalue weighted by Crippen LogP contribution is 2.43. The number of anilines is 1. The predicted molar refractivity (Wildman–Crippen MR) is 313 cm³/mol. The van der Waals surface area contributed by atoms with Crippen LogP contribution >= 0.6 is 11.6 Å². The van der Waals surface area contributed by atoms with E-state index in [0.717, 1.165) is 55.3 Å². The van der Waals surface area contributed by atoms with Gasteiger partial charge in [0.15, 0.2) is 0 Å². The van der Waals surface area contributed by atoms with Crippen LogP contribution in [-0.4, -0.2) is 120 Å². The van der Waals surface area contributed by atoms with E-state index in [1.165, 1.54) is 18.2 Å². The smallest absolute Gasteiger partial charge is 0.411 e. The van der Waals surface area contributed by atoms with Gasteiger partial charge in [-0.2, -0.15) is 5.10 Å². The van der Waals surface area contributed by atoms with Crippen LogP contribution in [-0.2, 0) is 57.0 Å². The van der Waals surface area contributed by atoms with Gasteiger partial charge in [0.25, 0.3) is 5.91 Å². The summed E-state index contributed by atoms with van der Waals surface area (Å²) in [5.41, 5.74) is 6.09. The minimum Gasteiger partial charge on any atom is -0.493 e. The number of esters is 1. The second kappa shape index (κ2) is 24.1. The second-order valence-electron chi connectivity index (χ2n) is 22.1. The first-order valence-corrected chi connectivity index (χ1v) is 28.1. The predicted octanol–water partition coefficient (Wildman–Crippen LogP) is 9.36.